The van der Waals surface area contributed by atoms with E-state index in [1.54, 1.807) is 18.2 Å². The molecule has 2 N–H and O–H groups in total. The van der Waals surface area contributed by atoms with Gasteiger partial charge in [-0.3, -0.25) is 9.59 Å². The fraction of sp³-hybridized carbons (Fsp3) is 0.125. The summed E-state index contributed by atoms with van der Waals surface area (Å²) in [6.07, 6.45) is 0. The summed E-state index contributed by atoms with van der Waals surface area (Å²) in [7, 11) is 1.47. The van der Waals surface area contributed by atoms with Gasteiger partial charge < -0.3 is 15.4 Å². The van der Waals surface area contributed by atoms with Crippen LogP contribution in [0.15, 0.2) is 36.4 Å². The Morgan fingerprint density at radius 1 is 1.04 bits per heavy atom. The van der Waals surface area contributed by atoms with Crippen LogP contribution in [-0.4, -0.2) is 18.9 Å². The molecule has 5 nitrogen and oxygen atoms in total. The molecule has 0 heterocycles. The molecule has 0 bridgehead atoms. The maximum absolute atomic E-state index is 12.1. The summed E-state index contributed by atoms with van der Waals surface area (Å²) in [6.45, 7) is 1.86. The van der Waals surface area contributed by atoms with Crippen LogP contribution >= 0.6 is 34.2 Å². The standard InChI is InChI=1S/C16H14ClIN2O3/c1-9-7-11(18)4-5-12(9)19-15(21)16(22)20-13-8-10(17)3-6-14(13)23-2/h3-8H,1-2H3,(H,19,21)(H,20,22). The van der Waals surface area contributed by atoms with Gasteiger partial charge in [0.15, 0.2) is 0 Å². The second-order valence-electron chi connectivity index (χ2n) is 4.71. The number of halogens is 2. The molecule has 2 rings (SSSR count). The van der Waals surface area contributed by atoms with Gasteiger partial charge in [-0.1, -0.05) is 11.6 Å². The molecule has 0 aliphatic rings. The molecule has 0 saturated heterocycles. The molecular formula is C16H14ClIN2O3. The molecule has 0 radical (unpaired) electrons. The van der Waals surface area contributed by atoms with Crippen molar-refractivity contribution in [1.29, 1.82) is 0 Å². The average molecular weight is 445 g/mol. The minimum absolute atomic E-state index is 0.333. The van der Waals surface area contributed by atoms with Crippen LogP contribution in [-0.2, 0) is 9.59 Å². The van der Waals surface area contributed by atoms with Gasteiger partial charge >= 0.3 is 11.8 Å². The highest BCUT2D eigenvalue weighted by Crippen LogP contribution is 2.27. The number of benzene rings is 2. The topological polar surface area (TPSA) is 67.4 Å². The second kappa shape index (κ2) is 7.65. The van der Waals surface area contributed by atoms with Crippen LogP contribution in [0.3, 0.4) is 0 Å². The summed E-state index contributed by atoms with van der Waals surface area (Å²) in [4.78, 5) is 24.1. The first-order valence-electron chi connectivity index (χ1n) is 6.62. The SMILES string of the molecule is COc1ccc(Cl)cc1NC(=O)C(=O)Nc1ccc(I)cc1C. The number of nitrogens with one attached hydrogen (secondary N) is 2. The third kappa shape index (κ3) is 4.59. The van der Waals surface area contributed by atoms with Gasteiger partial charge in [0.2, 0.25) is 0 Å². The van der Waals surface area contributed by atoms with Crippen LogP contribution < -0.4 is 15.4 Å². The molecule has 7 heteroatoms. The van der Waals surface area contributed by atoms with Gasteiger partial charge in [-0.25, -0.2) is 0 Å². The van der Waals surface area contributed by atoms with Crippen molar-refractivity contribution in [2.24, 2.45) is 0 Å². The fourth-order valence-electron chi connectivity index (χ4n) is 1.90. The van der Waals surface area contributed by atoms with Crippen LogP contribution in [0.5, 0.6) is 5.75 Å². The van der Waals surface area contributed by atoms with Gasteiger partial charge in [0.05, 0.1) is 12.8 Å². The Bertz CT molecular complexity index is 765. The van der Waals surface area contributed by atoms with E-state index >= 15 is 0 Å². The van der Waals surface area contributed by atoms with E-state index in [1.165, 1.54) is 13.2 Å². The molecule has 2 aromatic carbocycles. The maximum Gasteiger partial charge on any atom is 0.314 e. The van der Waals surface area contributed by atoms with Crippen molar-refractivity contribution in [3.8, 4) is 5.75 Å². The number of rotatable bonds is 3. The Morgan fingerprint density at radius 2 is 1.70 bits per heavy atom. The lowest BCUT2D eigenvalue weighted by Crippen LogP contribution is -2.29. The molecule has 0 aromatic heterocycles. The highest BCUT2D eigenvalue weighted by molar-refractivity contribution is 14.1. The van der Waals surface area contributed by atoms with E-state index in [-0.39, 0.29) is 0 Å². The smallest absolute Gasteiger partial charge is 0.314 e. The number of anilines is 2. The van der Waals surface area contributed by atoms with Gasteiger partial charge in [-0.05, 0) is 71.5 Å². The maximum atomic E-state index is 12.1. The number of hydrogen-bond donors (Lipinski definition) is 2. The quantitative estimate of drug-likeness (QED) is 0.558. The van der Waals surface area contributed by atoms with Crippen molar-refractivity contribution in [3.05, 3.63) is 50.6 Å². The highest BCUT2D eigenvalue weighted by atomic mass is 127. The monoisotopic (exact) mass is 444 g/mol. The molecule has 0 spiro atoms. The first-order valence-corrected chi connectivity index (χ1v) is 8.08. The summed E-state index contributed by atoms with van der Waals surface area (Å²) < 4.78 is 6.17. The Labute approximate surface area is 152 Å². The number of aryl methyl sites for hydroxylation is 1. The summed E-state index contributed by atoms with van der Waals surface area (Å²) >= 11 is 8.07. The summed E-state index contributed by atoms with van der Waals surface area (Å²) in [5, 5.41) is 5.50. The minimum Gasteiger partial charge on any atom is -0.495 e. The lowest BCUT2D eigenvalue weighted by molar-refractivity contribution is -0.133. The molecule has 2 amide bonds. The van der Waals surface area contributed by atoms with Gasteiger partial charge in [0, 0.05) is 14.3 Å². The summed E-state index contributed by atoms with van der Waals surface area (Å²) in [5.74, 6) is -1.15. The lowest BCUT2D eigenvalue weighted by atomic mass is 10.2. The van der Waals surface area contributed by atoms with Crippen LogP contribution in [0, 0.1) is 10.5 Å². The fourth-order valence-corrected chi connectivity index (χ4v) is 2.72. The summed E-state index contributed by atoms with van der Waals surface area (Å²) in [5.41, 5.74) is 1.79. The lowest BCUT2D eigenvalue weighted by Gasteiger charge is -2.11. The Kier molecular flexibility index (Phi) is 5.84. The zero-order chi connectivity index (χ0) is 17.0. The Morgan fingerprint density at radius 3 is 2.30 bits per heavy atom. The number of amides is 2. The predicted octanol–water partition coefficient (Wildman–Crippen LogP) is 3.84. The molecule has 0 saturated carbocycles. The van der Waals surface area contributed by atoms with Gasteiger partial charge in [0.1, 0.15) is 5.75 Å². The van der Waals surface area contributed by atoms with E-state index < -0.39 is 11.8 Å². The van der Waals surface area contributed by atoms with Crippen molar-refractivity contribution < 1.29 is 14.3 Å². The molecule has 2 aromatic rings. The normalized spacial score (nSPS) is 10.1. The predicted molar refractivity (Wildman–Crippen MR) is 99.2 cm³/mol. The van der Waals surface area contributed by atoms with E-state index in [9.17, 15) is 9.59 Å². The van der Waals surface area contributed by atoms with Gasteiger partial charge in [-0.15, -0.1) is 0 Å². The van der Waals surface area contributed by atoms with Gasteiger partial charge in [-0.2, -0.15) is 0 Å². The van der Waals surface area contributed by atoms with Crippen LogP contribution in [0.1, 0.15) is 5.56 Å². The van der Waals surface area contributed by atoms with Crippen LogP contribution in [0.4, 0.5) is 11.4 Å². The highest BCUT2D eigenvalue weighted by Gasteiger charge is 2.17. The Balaban J connectivity index is 2.11. The average Bonchev–Trinajstić information content (AvgIpc) is 2.50. The molecule has 0 atom stereocenters. The first-order chi connectivity index (χ1) is 10.9. The second-order valence-corrected chi connectivity index (χ2v) is 6.39. The number of methoxy groups -OCH3 is 1. The van der Waals surface area contributed by atoms with Crippen molar-refractivity contribution in [2.75, 3.05) is 17.7 Å². The van der Waals surface area contributed by atoms with Crippen molar-refractivity contribution in [1.82, 2.24) is 0 Å². The van der Waals surface area contributed by atoms with Crippen molar-refractivity contribution in [2.45, 2.75) is 6.92 Å². The largest absolute Gasteiger partial charge is 0.495 e. The number of hydrogen-bond acceptors (Lipinski definition) is 3. The van der Waals surface area contributed by atoms with Gasteiger partial charge in [0.25, 0.3) is 0 Å². The number of carbonyl (C=O) groups excluding carboxylic acids is 2. The van der Waals surface area contributed by atoms with E-state index in [4.69, 9.17) is 16.3 Å². The minimum atomic E-state index is -0.802. The summed E-state index contributed by atoms with van der Waals surface area (Å²) in [6, 6.07) is 10.3. The zero-order valence-corrected chi connectivity index (χ0v) is 15.4. The van der Waals surface area contributed by atoms with E-state index in [0.717, 1.165) is 9.13 Å². The van der Waals surface area contributed by atoms with E-state index in [1.807, 2.05) is 19.1 Å². The van der Waals surface area contributed by atoms with Crippen LogP contribution in [0.2, 0.25) is 5.02 Å². The van der Waals surface area contributed by atoms with Crippen molar-refractivity contribution >= 4 is 57.4 Å². The third-order valence-electron chi connectivity index (χ3n) is 3.05. The number of ether oxygens (including phenoxy) is 1. The molecule has 23 heavy (non-hydrogen) atoms. The molecule has 0 unspecified atom stereocenters. The third-order valence-corrected chi connectivity index (χ3v) is 3.96. The molecular weight excluding hydrogens is 431 g/mol. The molecule has 120 valence electrons. The first kappa shape index (κ1) is 17.6. The molecule has 0 aliphatic heterocycles. The molecule has 0 aliphatic carbocycles. The van der Waals surface area contributed by atoms with Crippen LogP contribution in [0.25, 0.3) is 0 Å². The number of carbonyl (C=O) groups is 2. The Hall–Kier alpha value is -1.80. The zero-order valence-electron chi connectivity index (χ0n) is 12.4. The van der Waals surface area contributed by atoms with E-state index in [2.05, 4.69) is 33.2 Å². The van der Waals surface area contributed by atoms with Crippen molar-refractivity contribution in [3.63, 3.8) is 0 Å². The molecule has 0 fully saturated rings. The van der Waals surface area contributed by atoms with E-state index in [0.29, 0.717) is 22.1 Å².